The number of nitrogens with zero attached hydrogens (tertiary/aromatic N) is 3. The van der Waals surface area contributed by atoms with Crippen molar-refractivity contribution in [3.63, 3.8) is 0 Å². The maximum absolute atomic E-state index is 11.4. The number of rotatable bonds is 2. The van der Waals surface area contributed by atoms with Gasteiger partial charge in [-0.1, -0.05) is 11.3 Å². The number of hydrogen-bond donors (Lipinski definition) is 1. The van der Waals surface area contributed by atoms with Crippen molar-refractivity contribution in [2.24, 2.45) is 0 Å². The van der Waals surface area contributed by atoms with Crippen LogP contribution in [0.25, 0.3) is 10.4 Å². The lowest BCUT2D eigenvalue weighted by molar-refractivity contribution is 0.0596. The Bertz CT molecular complexity index is 511. The molecule has 0 spiro atoms. The Labute approximate surface area is 95.1 Å². The van der Waals surface area contributed by atoms with Crippen molar-refractivity contribution in [3.8, 4) is 10.4 Å². The van der Waals surface area contributed by atoms with Gasteiger partial charge in [0.05, 0.1) is 12.0 Å². The van der Waals surface area contributed by atoms with Gasteiger partial charge in [-0.15, -0.1) is 0 Å². The van der Waals surface area contributed by atoms with Crippen LogP contribution in [-0.4, -0.2) is 28.0 Å². The van der Waals surface area contributed by atoms with E-state index in [9.17, 15) is 4.79 Å². The molecule has 0 radical (unpaired) electrons. The van der Waals surface area contributed by atoms with E-state index in [0.717, 1.165) is 0 Å². The fraction of sp³-hybridized carbons (Fsp3) is 0.111. The summed E-state index contributed by atoms with van der Waals surface area (Å²) in [6.07, 6.45) is 4.59. The van der Waals surface area contributed by atoms with Crippen LogP contribution in [0.1, 0.15) is 10.5 Å². The van der Waals surface area contributed by atoms with E-state index < -0.39 is 5.97 Å². The monoisotopic (exact) mass is 236 g/mol. The molecule has 2 aromatic rings. The minimum absolute atomic E-state index is 0.194. The van der Waals surface area contributed by atoms with E-state index in [1.165, 1.54) is 24.8 Å². The molecule has 0 saturated heterocycles. The number of carbonyl (C=O) groups is 1. The fourth-order valence-electron chi connectivity index (χ4n) is 1.18. The molecule has 0 amide bonds. The topological polar surface area (TPSA) is 91.0 Å². The third-order valence-electron chi connectivity index (χ3n) is 1.85. The van der Waals surface area contributed by atoms with Crippen molar-refractivity contribution in [1.82, 2.24) is 15.0 Å². The number of anilines is 1. The van der Waals surface area contributed by atoms with Gasteiger partial charge in [-0.3, -0.25) is 0 Å². The third-order valence-corrected chi connectivity index (χ3v) is 2.78. The number of thiazole rings is 1. The quantitative estimate of drug-likeness (QED) is 0.781. The van der Waals surface area contributed by atoms with Gasteiger partial charge in [0, 0.05) is 18.0 Å². The summed E-state index contributed by atoms with van der Waals surface area (Å²) in [7, 11) is 1.29. The van der Waals surface area contributed by atoms with Gasteiger partial charge >= 0.3 is 5.97 Å². The lowest BCUT2D eigenvalue weighted by Gasteiger charge is -1.98. The van der Waals surface area contributed by atoms with Crippen LogP contribution >= 0.6 is 11.3 Å². The number of nitrogens with two attached hydrogens (primary N) is 1. The Morgan fingerprint density at radius 3 is 2.75 bits per heavy atom. The fourth-order valence-corrected chi connectivity index (χ4v) is 1.98. The first kappa shape index (κ1) is 10.5. The van der Waals surface area contributed by atoms with Gasteiger partial charge < -0.3 is 10.5 Å². The number of ether oxygens (including phenoxy) is 1. The molecule has 0 fully saturated rings. The SMILES string of the molecule is COC(=O)c1nc(N)sc1-c1cncnc1. The highest BCUT2D eigenvalue weighted by atomic mass is 32.1. The molecule has 0 unspecified atom stereocenters. The molecule has 2 rings (SSSR count). The van der Waals surface area contributed by atoms with Gasteiger partial charge in [0.1, 0.15) is 6.33 Å². The van der Waals surface area contributed by atoms with Gasteiger partial charge in [-0.05, 0) is 0 Å². The number of nitrogen functional groups attached to an aromatic ring is 1. The number of aromatic nitrogens is 3. The minimum Gasteiger partial charge on any atom is -0.464 e. The molecule has 2 heterocycles. The van der Waals surface area contributed by atoms with Crippen molar-refractivity contribution < 1.29 is 9.53 Å². The number of hydrogen-bond acceptors (Lipinski definition) is 7. The molecule has 0 aliphatic carbocycles. The van der Waals surface area contributed by atoms with E-state index in [2.05, 4.69) is 19.7 Å². The van der Waals surface area contributed by atoms with Gasteiger partial charge in [-0.25, -0.2) is 19.7 Å². The minimum atomic E-state index is -0.521. The maximum Gasteiger partial charge on any atom is 0.358 e. The Balaban J connectivity index is 2.53. The summed E-state index contributed by atoms with van der Waals surface area (Å²) >= 11 is 1.20. The van der Waals surface area contributed by atoms with Gasteiger partial charge in [0.25, 0.3) is 0 Å². The van der Waals surface area contributed by atoms with Crippen LogP contribution in [-0.2, 0) is 4.74 Å². The van der Waals surface area contributed by atoms with Crippen LogP contribution in [0.2, 0.25) is 0 Å². The highest BCUT2D eigenvalue weighted by Crippen LogP contribution is 2.31. The predicted molar refractivity (Wildman–Crippen MR) is 58.9 cm³/mol. The first-order valence-corrected chi connectivity index (χ1v) is 5.14. The molecule has 2 aromatic heterocycles. The van der Waals surface area contributed by atoms with Gasteiger partial charge in [0.15, 0.2) is 10.8 Å². The average Bonchev–Trinajstić information content (AvgIpc) is 2.71. The molecular formula is C9H8N4O2S. The summed E-state index contributed by atoms with van der Waals surface area (Å²) < 4.78 is 4.62. The van der Waals surface area contributed by atoms with Crippen LogP contribution < -0.4 is 5.73 Å². The van der Waals surface area contributed by atoms with Crippen molar-refractivity contribution in [1.29, 1.82) is 0 Å². The Morgan fingerprint density at radius 1 is 1.44 bits per heavy atom. The van der Waals surface area contributed by atoms with Crippen LogP contribution in [0, 0.1) is 0 Å². The Hall–Kier alpha value is -2.02. The second kappa shape index (κ2) is 4.23. The Kier molecular flexibility index (Phi) is 2.78. The molecule has 0 bridgehead atoms. The molecule has 0 aromatic carbocycles. The van der Waals surface area contributed by atoms with E-state index in [1.807, 2.05) is 0 Å². The third kappa shape index (κ3) is 1.84. The van der Waals surface area contributed by atoms with Crippen LogP contribution in [0.5, 0.6) is 0 Å². The molecule has 2 N–H and O–H groups in total. The van der Waals surface area contributed by atoms with Crippen molar-refractivity contribution in [3.05, 3.63) is 24.4 Å². The summed E-state index contributed by atoms with van der Waals surface area (Å²) in [5.74, 6) is -0.521. The van der Waals surface area contributed by atoms with Crippen molar-refractivity contribution in [2.75, 3.05) is 12.8 Å². The summed E-state index contributed by atoms with van der Waals surface area (Å²) in [5.41, 5.74) is 6.45. The second-order valence-corrected chi connectivity index (χ2v) is 3.88. The highest BCUT2D eigenvalue weighted by molar-refractivity contribution is 7.19. The largest absolute Gasteiger partial charge is 0.464 e. The molecule has 82 valence electrons. The van der Waals surface area contributed by atoms with Crippen LogP contribution in [0.15, 0.2) is 18.7 Å². The lowest BCUT2D eigenvalue weighted by Crippen LogP contribution is -2.03. The van der Waals surface area contributed by atoms with Gasteiger partial charge in [-0.2, -0.15) is 0 Å². The lowest BCUT2D eigenvalue weighted by atomic mass is 10.2. The number of methoxy groups -OCH3 is 1. The zero-order chi connectivity index (χ0) is 11.5. The average molecular weight is 236 g/mol. The highest BCUT2D eigenvalue weighted by Gasteiger charge is 2.19. The number of esters is 1. The molecule has 0 aliphatic rings. The van der Waals surface area contributed by atoms with E-state index in [0.29, 0.717) is 15.6 Å². The first-order valence-electron chi connectivity index (χ1n) is 4.32. The zero-order valence-electron chi connectivity index (χ0n) is 8.38. The van der Waals surface area contributed by atoms with E-state index in [-0.39, 0.29) is 5.69 Å². The van der Waals surface area contributed by atoms with Crippen LogP contribution in [0.3, 0.4) is 0 Å². The maximum atomic E-state index is 11.4. The number of carbonyl (C=O) groups excluding carboxylic acids is 1. The summed E-state index contributed by atoms with van der Waals surface area (Å²) in [6.45, 7) is 0. The second-order valence-electron chi connectivity index (χ2n) is 2.85. The summed E-state index contributed by atoms with van der Waals surface area (Å²) in [5, 5.41) is 0.305. The van der Waals surface area contributed by atoms with Crippen molar-refractivity contribution in [2.45, 2.75) is 0 Å². The van der Waals surface area contributed by atoms with Crippen molar-refractivity contribution >= 4 is 22.4 Å². The molecule has 0 saturated carbocycles. The van der Waals surface area contributed by atoms with Crippen LogP contribution in [0.4, 0.5) is 5.13 Å². The van der Waals surface area contributed by atoms with E-state index in [1.54, 1.807) is 12.4 Å². The van der Waals surface area contributed by atoms with Gasteiger partial charge in [0.2, 0.25) is 0 Å². The molecule has 6 nitrogen and oxygen atoms in total. The smallest absolute Gasteiger partial charge is 0.358 e. The summed E-state index contributed by atoms with van der Waals surface area (Å²) in [6, 6.07) is 0. The van der Waals surface area contributed by atoms with E-state index >= 15 is 0 Å². The molecule has 0 aliphatic heterocycles. The van der Waals surface area contributed by atoms with E-state index in [4.69, 9.17) is 5.73 Å². The molecule has 16 heavy (non-hydrogen) atoms. The molecule has 7 heteroatoms. The zero-order valence-corrected chi connectivity index (χ0v) is 9.19. The first-order chi connectivity index (χ1) is 7.72. The normalized spacial score (nSPS) is 10.1. The Morgan fingerprint density at radius 2 is 2.12 bits per heavy atom. The molecular weight excluding hydrogens is 228 g/mol. The standard InChI is InChI=1S/C9H8N4O2S/c1-15-8(14)6-7(16-9(10)13-6)5-2-11-4-12-3-5/h2-4H,1H3,(H2,10,13). The summed E-state index contributed by atoms with van der Waals surface area (Å²) in [4.78, 5) is 23.7. The molecule has 0 atom stereocenters. The predicted octanol–water partition coefficient (Wildman–Crippen LogP) is 0.969.